The number of amidine groups is 1. The zero-order valence-corrected chi connectivity index (χ0v) is 15.0. The van der Waals surface area contributed by atoms with Gasteiger partial charge in [0.15, 0.2) is 0 Å². The third-order valence-electron chi connectivity index (χ3n) is 5.51. The quantitative estimate of drug-likeness (QED) is 0.701. The molecule has 2 aliphatic rings. The normalized spacial score (nSPS) is 20.3. The van der Waals surface area contributed by atoms with Crippen LogP contribution in [0.1, 0.15) is 43.2 Å². The molecule has 25 heavy (non-hydrogen) atoms. The van der Waals surface area contributed by atoms with Crippen LogP contribution in [0.2, 0.25) is 5.02 Å². The van der Waals surface area contributed by atoms with Gasteiger partial charge >= 0.3 is 0 Å². The summed E-state index contributed by atoms with van der Waals surface area (Å²) in [5.74, 6) is 0.911. The van der Waals surface area contributed by atoms with Gasteiger partial charge in [-0.05, 0) is 49.1 Å². The van der Waals surface area contributed by atoms with Gasteiger partial charge in [-0.25, -0.2) is 4.39 Å². The van der Waals surface area contributed by atoms with Crippen LogP contribution in [0.3, 0.4) is 0 Å². The van der Waals surface area contributed by atoms with E-state index < -0.39 is 0 Å². The largest absolute Gasteiger partial charge is 0.343 e. The third kappa shape index (κ3) is 3.30. The number of benzene rings is 2. The molecule has 1 N–H and O–H groups in total. The maximum absolute atomic E-state index is 14.3. The number of halogens is 2. The molecule has 1 aliphatic carbocycles. The molecule has 4 heteroatoms. The second kappa shape index (κ2) is 6.80. The number of aliphatic imine (C=N–C) groups is 1. The summed E-state index contributed by atoms with van der Waals surface area (Å²) in [6, 6.07) is 13.1. The number of fused-ring (bicyclic) bond motifs is 1. The van der Waals surface area contributed by atoms with Gasteiger partial charge in [-0.1, -0.05) is 49.1 Å². The summed E-state index contributed by atoms with van der Waals surface area (Å²) in [6.45, 7) is 0.593. The van der Waals surface area contributed by atoms with Crippen LogP contribution in [-0.4, -0.2) is 5.84 Å². The minimum absolute atomic E-state index is 0.0496. The first-order valence-electron chi connectivity index (χ1n) is 9.00. The fourth-order valence-corrected chi connectivity index (χ4v) is 4.41. The molecule has 0 aromatic heterocycles. The van der Waals surface area contributed by atoms with Gasteiger partial charge in [0.25, 0.3) is 0 Å². The van der Waals surface area contributed by atoms with Gasteiger partial charge < -0.3 is 5.32 Å². The maximum atomic E-state index is 14.3. The average molecular weight is 357 g/mol. The smallest absolute Gasteiger partial charge is 0.128 e. The van der Waals surface area contributed by atoms with Gasteiger partial charge in [-0.15, -0.1) is 0 Å². The van der Waals surface area contributed by atoms with Gasteiger partial charge in [0.2, 0.25) is 0 Å². The second-order valence-corrected chi connectivity index (χ2v) is 7.64. The molecule has 0 bridgehead atoms. The molecular weight excluding hydrogens is 335 g/mol. The lowest BCUT2D eigenvalue weighted by Crippen LogP contribution is -2.43. The average Bonchev–Trinajstić information content (AvgIpc) is 2.62. The zero-order chi connectivity index (χ0) is 17.3. The third-order valence-corrected chi connectivity index (χ3v) is 5.74. The molecule has 0 unspecified atom stereocenters. The van der Waals surface area contributed by atoms with E-state index in [-0.39, 0.29) is 11.2 Å². The highest BCUT2D eigenvalue weighted by molar-refractivity contribution is 6.30. The Bertz CT molecular complexity index is 809. The first-order chi connectivity index (χ1) is 12.2. The van der Waals surface area contributed by atoms with E-state index in [9.17, 15) is 4.39 Å². The number of hydrogen-bond donors (Lipinski definition) is 1. The van der Waals surface area contributed by atoms with Crippen molar-refractivity contribution in [3.05, 3.63) is 64.4 Å². The van der Waals surface area contributed by atoms with Crippen LogP contribution < -0.4 is 5.32 Å². The molecule has 0 atom stereocenters. The standard InChI is InChI=1S/C21H22ClFN2/c22-16-7-4-6-15(12-16)14-24-20-21(10-2-1-3-11-21)13-17-18(23)8-5-9-19(17)25-20/h4-9,12H,1-3,10-11,13-14H2,(H,24,25). The summed E-state index contributed by atoms with van der Waals surface area (Å²) in [5, 5.41) is 4.19. The van der Waals surface area contributed by atoms with Crippen LogP contribution >= 0.6 is 11.6 Å². The molecule has 4 rings (SSSR count). The van der Waals surface area contributed by atoms with E-state index in [4.69, 9.17) is 16.6 Å². The second-order valence-electron chi connectivity index (χ2n) is 7.20. The molecule has 0 radical (unpaired) electrons. The molecule has 2 aromatic carbocycles. The fourth-order valence-electron chi connectivity index (χ4n) is 4.19. The highest BCUT2D eigenvalue weighted by atomic mass is 35.5. The topological polar surface area (TPSA) is 24.4 Å². The van der Waals surface area contributed by atoms with Crippen LogP contribution in [0.4, 0.5) is 10.1 Å². The summed E-state index contributed by atoms with van der Waals surface area (Å²) < 4.78 is 14.3. The highest BCUT2D eigenvalue weighted by Gasteiger charge is 2.41. The van der Waals surface area contributed by atoms with Gasteiger partial charge in [0.05, 0.1) is 6.54 Å². The summed E-state index contributed by atoms with van der Waals surface area (Å²) in [5.41, 5.74) is 2.72. The van der Waals surface area contributed by atoms with Crippen LogP contribution in [0.15, 0.2) is 47.5 Å². The zero-order valence-electron chi connectivity index (χ0n) is 14.2. The summed E-state index contributed by atoms with van der Waals surface area (Å²) in [7, 11) is 0. The van der Waals surface area contributed by atoms with Crippen molar-refractivity contribution in [1.82, 2.24) is 0 Å². The molecular formula is C21H22ClFN2. The Labute approximate surface area is 153 Å². The molecule has 0 amide bonds. The maximum Gasteiger partial charge on any atom is 0.128 e. The van der Waals surface area contributed by atoms with Crippen LogP contribution in [-0.2, 0) is 13.0 Å². The number of nitrogens with one attached hydrogen (secondary N) is 1. The van der Waals surface area contributed by atoms with Crippen molar-refractivity contribution in [1.29, 1.82) is 0 Å². The summed E-state index contributed by atoms with van der Waals surface area (Å²) >= 11 is 6.09. The molecule has 2 aromatic rings. The molecule has 1 saturated carbocycles. The Morgan fingerprint density at radius 2 is 1.88 bits per heavy atom. The molecule has 130 valence electrons. The number of rotatable bonds is 2. The van der Waals surface area contributed by atoms with E-state index in [0.717, 1.165) is 46.9 Å². The minimum atomic E-state index is -0.108. The Kier molecular flexibility index (Phi) is 4.51. The van der Waals surface area contributed by atoms with Gasteiger partial charge in [-0.3, -0.25) is 4.99 Å². The lowest BCUT2D eigenvalue weighted by molar-refractivity contribution is 0.275. The van der Waals surface area contributed by atoms with Crippen molar-refractivity contribution in [2.75, 3.05) is 5.32 Å². The molecule has 2 nitrogen and oxygen atoms in total. The van der Waals surface area contributed by atoms with Gasteiger partial charge in [0, 0.05) is 21.7 Å². The lowest BCUT2D eigenvalue weighted by atomic mass is 9.67. The highest BCUT2D eigenvalue weighted by Crippen LogP contribution is 2.45. The summed E-state index contributed by atoms with van der Waals surface area (Å²) in [6.07, 6.45) is 6.51. The predicted molar refractivity (Wildman–Crippen MR) is 102 cm³/mol. The van der Waals surface area contributed by atoms with Crippen molar-refractivity contribution in [2.45, 2.75) is 45.1 Å². The van der Waals surface area contributed by atoms with E-state index in [1.807, 2.05) is 30.3 Å². The Morgan fingerprint density at radius 1 is 1.08 bits per heavy atom. The molecule has 1 fully saturated rings. The van der Waals surface area contributed by atoms with Gasteiger partial charge in [-0.2, -0.15) is 0 Å². The van der Waals surface area contributed by atoms with Crippen molar-refractivity contribution in [2.24, 2.45) is 10.4 Å². The Balaban J connectivity index is 1.69. The van der Waals surface area contributed by atoms with Crippen LogP contribution in [0.25, 0.3) is 0 Å². The first kappa shape index (κ1) is 16.6. The summed E-state index contributed by atoms with van der Waals surface area (Å²) in [4.78, 5) is 4.92. The number of nitrogens with zero attached hydrogens (tertiary/aromatic N) is 1. The van der Waals surface area contributed by atoms with Gasteiger partial charge in [0.1, 0.15) is 11.7 Å². The first-order valence-corrected chi connectivity index (χ1v) is 9.38. The number of hydrogen-bond acceptors (Lipinski definition) is 1. The van der Waals surface area contributed by atoms with Crippen molar-refractivity contribution in [3.8, 4) is 0 Å². The molecule has 1 heterocycles. The fraction of sp³-hybridized carbons (Fsp3) is 0.381. The van der Waals surface area contributed by atoms with E-state index in [1.165, 1.54) is 19.3 Å². The Morgan fingerprint density at radius 3 is 2.68 bits per heavy atom. The van der Waals surface area contributed by atoms with Crippen LogP contribution in [0.5, 0.6) is 0 Å². The van der Waals surface area contributed by atoms with Crippen LogP contribution in [0, 0.1) is 11.2 Å². The Hall–Kier alpha value is -1.87. The van der Waals surface area contributed by atoms with E-state index in [0.29, 0.717) is 6.54 Å². The molecule has 1 spiro atoms. The monoisotopic (exact) mass is 356 g/mol. The minimum Gasteiger partial charge on any atom is -0.343 e. The van der Waals surface area contributed by atoms with E-state index >= 15 is 0 Å². The van der Waals surface area contributed by atoms with Crippen molar-refractivity contribution in [3.63, 3.8) is 0 Å². The van der Waals surface area contributed by atoms with Crippen molar-refractivity contribution < 1.29 is 4.39 Å². The predicted octanol–water partition coefficient (Wildman–Crippen LogP) is 6.00. The van der Waals surface area contributed by atoms with E-state index in [1.54, 1.807) is 12.1 Å². The SMILES string of the molecule is Fc1cccc2c1CC1(CCCCC1)C(=NCc1cccc(Cl)c1)N2. The molecule has 1 aliphatic heterocycles. The van der Waals surface area contributed by atoms with E-state index in [2.05, 4.69) is 5.32 Å². The number of anilines is 1. The molecule has 0 saturated heterocycles. The lowest BCUT2D eigenvalue weighted by Gasteiger charge is -2.42. The van der Waals surface area contributed by atoms with Crippen molar-refractivity contribution >= 4 is 23.1 Å².